The summed E-state index contributed by atoms with van der Waals surface area (Å²) in [5.74, 6) is 1.67. The predicted octanol–water partition coefficient (Wildman–Crippen LogP) is 3.81. The Balaban J connectivity index is 2.02. The van der Waals surface area contributed by atoms with E-state index in [0.29, 0.717) is 6.04 Å². The molecule has 0 saturated heterocycles. The van der Waals surface area contributed by atoms with Crippen molar-refractivity contribution in [2.24, 2.45) is 11.8 Å². The summed E-state index contributed by atoms with van der Waals surface area (Å²) in [5.41, 5.74) is 2.70. The van der Waals surface area contributed by atoms with Gasteiger partial charge in [-0.25, -0.2) is 0 Å². The number of rotatable bonds is 7. The van der Waals surface area contributed by atoms with Crippen LogP contribution in [0.5, 0.6) is 0 Å². The summed E-state index contributed by atoms with van der Waals surface area (Å²) in [7, 11) is 0. The first kappa shape index (κ1) is 16.5. The highest BCUT2D eigenvalue weighted by atomic mass is 15.3. The van der Waals surface area contributed by atoms with E-state index in [2.05, 4.69) is 43.8 Å². The SMILES string of the molecule is CCc1cc(CC2CCCCC2CNC(C)C)n(CC)n1. The van der Waals surface area contributed by atoms with E-state index in [1.807, 2.05) is 0 Å². The third kappa shape index (κ3) is 4.57. The van der Waals surface area contributed by atoms with Crippen molar-refractivity contribution in [2.75, 3.05) is 6.54 Å². The third-order valence-corrected chi connectivity index (χ3v) is 4.90. The summed E-state index contributed by atoms with van der Waals surface area (Å²) in [5, 5.41) is 8.37. The van der Waals surface area contributed by atoms with Crippen LogP contribution in [0.25, 0.3) is 0 Å². The van der Waals surface area contributed by atoms with Gasteiger partial charge in [-0.15, -0.1) is 0 Å². The molecule has 1 N–H and O–H groups in total. The smallest absolute Gasteiger partial charge is 0.0624 e. The van der Waals surface area contributed by atoms with E-state index in [9.17, 15) is 0 Å². The maximum Gasteiger partial charge on any atom is 0.0624 e. The zero-order chi connectivity index (χ0) is 15.2. The monoisotopic (exact) mass is 291 g/mol. The number of hydrogen-bond donors (Lipinski definition) is 1. The molecule has 2 atom stereocenters. The van der Waals surface area contributed by atoms with Crippen molar-refractivity contribution in [3.63, 3.8) is 0 Å². The van der Waals surface area contributed by atoms with Crippen LogP contribution >= 0.6 is 0 Å². The molecule has 1 heterocycles. The Labute approximate surface area is 130 Å². The lowest BCUT2D eigenvalue weighted by Crippen LogP contribution is -2.35. The Morgan fingerprint density at radius 3 is 2.57 bits per heavy atom. The molecule has 2 rings (SSSR count). The second kappa shape index (κ2) is 7.98. The molecule has 1 aliphatic rings. The van der Waals surface area contributed by atoms with Crippen LogP contribution < -0.4 is 5.32 Å². The number of nitrogens with one attached hydrogen (secondary N) is 1. The van der Waals surface area contributed by atoms with E-state index in [1.54, 1.807) is 0 Å². The second-order valence-electron chi connectivity index (χ2n) is 6.87. The number of nitrogens with zero attached hydrogens (tertiary/aromatic N) is 2. The molecule has 0 amide bonds. The lowest BCUT2D eigenvalue weighted by molar-refractivity contribution is 0.221. The van der Waals surface area contributed by atoms with Crippen molar-refractivity contribution >= 4 is 0 Å². The van der Waals surface area contributed by atoms with Gasteiger partial charge in [-0.1, -0.05) is 33.6 Å². The van der Waals surface area contributed by atoms with E-state index in [1.165, 1.54) is 50.0 Å². The van der Waals surface area contributed by atoms with Gasteiger partial charge in [0, 0.05) is 18.3 Å². The zero-order valence-corrected chi connectivity index (χ0v) is 14.4. The standard InChI is InChI=1S/C18H33N3/c1-5-17-12-18(21(6-2)20-17)11-15-9-7-8-10-16(15)13-19-14(3)4/h12,14-16,19H,5-11,13H2,1-4H3. The van der Waals surface area contributed by atoms with Crippen molar-refractivity contribution < 1.29 is 0 Å². The van der Waals surface area contributed by atoms with E-state index < -0.39 is 0 Å². The van der Waals surface area contributed by atoms with Crippen molar-refractivity contribution in [1.82, 2.24) is 15.1 Å². The number of hydrogen-bond acceptors (Lipinski definition) is 2. The lowest BCUT2D eigenvalue weighted by atomic mass is 9.76. The highest BCUT2D eigenvalue weighted by Crippen LogP contribution is 2.32. The summed E-state index contributed by atoms with van der Waals surface area (Å²) < 4.78 is 2.22. The van der Waals surface area contributed by atoms with Crippen LogP contribution in [0.2, 0.25) is 0 Å². The first-order valence-electron chi connectivity index (χ1n) is 8.93. The van der Waals surface area contributed by atoms with Gasteiger partial charge in [0.2, 0.25) is 0 Å². The molecule has 21 heavy (non-hydrogen) atoms. The van der Waals surface area contributed by atoms with Crippen molar-refractivity contribution in [1.29, 1.82) is 0 Å². The average molecular weight is 291 g/mol. The average Bonchev–Trinajstić information content (AvgIpc) is 2.88. The maximum absolute atomic E-state index is 4.71. The van der Waals surface area contributed by atoms with Gasteiger partial charge in [0.15, 0.2) is 0 Å². The molecule has 0 aromatic carbocycles. The Hall–Kier alpha value is -0.830. The first-order chi connectivity index (χ1) is 10.1. The van der Waals surface area contributed by atoms with Crippen LogP contribution in [0.3, 0.4) is 0 Å². The fraction of sp³-hybridized carbons (Fsp3) is 0.833. The summed E-state index contributed by atoms with van der Waals surface area (Å²) in [6.45, 7) is 11.1. The third-order valence-electron chi connectivity index (χ3n) is 4.90. The van der Waals surface area contributed by atoms with Gasteiger partial charge in [0.1, 0.15) is 0 Å². The van der Waals surface area contributed by atoms with Crippen LogP contribution in [0.1, 0.15) is 64.8 Å². The molecule has 1 aromatic heterocycles. The Bertz CT molecular complexity index is 422. The zero-order valence-electron chi connectivity index (χ0n) is 14.4. The molecule has 3 nitrogen and oxygen atoms in total. The van der Waals surface area contributed by atoms with Gasteiger partial charge in [-0.05, 0) is 57.1 Å². The van der Waals surface area contributed by atoms with Crippen LogP contribution in [-0.4, -0.2) is 22.4 Å². The van der Waals surface area contributed by atoms with Crippen molar-refractivity contribution in [2.45, 2.75) is 78.8 Å². The van der Waals surface area contributed by atoms with Gasteiger partial charge >= 0.3 is 0 Å². The van der Waals surface area contributed by atoms with Crippen molar-refractivity contribution in [3.05, 3.63) is 17.5 Å². The first-order valence-corrected chi connectivity index (χ1v) is 8.93. The molecule has 0 radical (unpaired) electrons. The van der Waals surface area contributed by atoms with Crippen LogP contribution in [0, 0.1) is 11.8 Å². The quantitative estimate of drug-likeness (QED) is 0.828. The molecular weight excluding hydrogens is 258 g/mol. The second-order valence-corrected chi connectivity index (χ2v) is 6.87. The molecule has 1 fully saturated rings. The summed E-state index contributed by atoms with van der Waals surface area (Å²) in [6.07, 6.45) is 7.86. The number of aromatic nitrogens is 2. The fourth-order valence-corrected chi connectivity index (χ4v) is 3.60. The van der Waals surface area contributed by atoms with E-state index in [-0.39, 0.29) is 0 Å². The van der Waals surface area contributed by atoms with Gasteiger partial charge in [-0.2, -0.15) is 5.10 Å². The van der Waals surface area contributed by atoms with Gasteiger partial charge in [0.05, 0.1) is 5.69 Å². The summed E-state index contributed by atoms with van der Waals surface area (Å²) in [4.78, 5) is 0. The maximum atomic E-state index is 4.71. The molecule has 0 aliphatic heterocycles. The molecule has 0 bridgehead atoms. The molecule has 0 spiro atoms. The van der Waals surface area contributed by atoms with Gasteiger partial charge in [-0.3, -0.25) is 4.68 Å². The Kier molecular flexibility index (Phi) is 6.28. The number of aryl methyl sites for hydroxylation is 2. The van der Waals surface area contributed by atoms with E-state index in [4.69, 9.17) is 5.10 Å². The minimum atomic E-state index is 0.598. The summed E-state index contributed by atoms with van der Waals surface area (Å²) in [6, 6.07) is 2.94. The fourth-order valence-electron chi connectivity index (χ4n) is 3.60. The molecule has 1 saturated carbocycles. The predicted molar refractivity (Wildman–Crippen MR) is 89.6 cm³/mol. The Morgan fingerprint density at radius 2 is 1.95 bits per heavy atom. The minimum absolute atomic E-state index is 0.598. The molecule has 2 unspecified atom stereocenters. The Morgan fingerprint density at radius 1 is 1.24 bits per heavy atom. The highest BCUT2D eigenvalue weighted by molar-refractivity contribution is 5.11. The summed E-state index contributed by atoms with van der Waals surface area (Å²) >= 11 is 0. The molecule has 3 heteroatoms. The van der Waals surface area contributed by atoms with Gasteiger partial charge in [0.25, 0.3) is 0 Å². The molecule has 1 aliphatic carbocycles. The van der Waals surface area contributed by atoms with E-state index >= 15 is 0 Å². The molecule has 1 aromatic rings. The van der Waals surface area contributed by atoms with Crippen molar-refractivity contribution in [3.8, 4) is 0 Å². The van der Waals surface area contributed by atoms with Crippen LogP contribution in [0.15, 0.2) is 6.07 Å². The largest absolute Gasteiger partial charge is 0.314 e. The van der Waals surface area contributed by atoms with Crippen LogP contribution in [0.4, 0.5) is 0 Å². The van der Waals surface area contributed by atoms with E-state index in [0.717, 1.165) is 24.8 Å². The lowest BCUT2D eigenvalue weighted by Gasteiger charge is -2.32. The molecule has 120 valence electrons. The van der Waals surface area contributed by atoms with Gasteiger partial charge < -0.3 is 5.32 Å². The van der Waals surface area contributed by atoms with Crippen LogP contribution in [-0.2, 0) is 19.4 Å². The minimum Gasteiger partial charge on any atom is -0.314 e. The highest BCUT2D eigenvalue weighted by Gasteiger charge is 2.26. The normalized spacial score (nSPS) is 22.9. The molecular formula is C18H33N3. The topological polar surface area (TPSA) is 29.9 Å².